The Hall–Kier alpha value is -0.0600. The van der Waals surface area contributed by atoms with Crippen LogP contribution in [0, 0.1) is 5.82 Å². The van der Waals surface area contributed by atoms with Crippen molar-refractivity contribution in [2.24, 2.45) is 0 Å². The van der Waals surface area contributed by atoms with E-state index in [4.69, 9.17) is 0 Å². The van der Waals surface area contributed by atoms with Crippen LogP contribution in [0.25, 0.3) is 0 Å². The van der Waals surface area contributed by atoms with Crippen LogP contribution in [0.5, 0.6) is 0 Å². The number of benzene rings is 1. The highest BCUT2D eigenvalue weighted by atomic mass is 79.9. The summed E-state index contributed by atoms with van der Waals surface area (Å²) in [7, 11) is 0. The fraction of sp³-hybridized carbons (Fsp3) is 0.538. The summed E-state index contributed by atoms with van der Waals surface area (Å²) in [6.45, 7) is 1.73. The van der Waals surface area contributed by atoms with Crippen molar-refractivity contribution in [1.29, 1.82) is 0 Å². The van der Waals surface area contributed by atoms with Crippen LogP contribution in [0.3, 0.4) is 0 Å². The third-order valence-electron chi connectivity index (χ3n) is 3.47. The molecule has 4 heteroatoms. The zero-order valence-corrected chi connectivity index (χ0v) is 12.3. The Morgan fingerprint density at radius 1 is 1.47 bits per heavy atom. The molecule has 94 valence electrons. The molecule has 0 unspecified atom stereocenters. The zero-order chi connectivity index (χ0) is 12.3. The van der Waals surface area contributed by atoms with E-state index in [2.05, 4.69) is 27.5 Å². The Bertz CT molecular complexity index is 387. The molecular weight excluding hydrogens is 301 g/mol. The van der Waals surface area contributed by atoms with Gasteiger partial charge in [-0.25, -0.2) is 4.39 Å². The van der Waals surface area contributed by atoms with Crippen molar-refractivity contribution in [1.82, 2.24) is 5.32 Å². The van der Waals surface area contributed by atoms with Crippen LogP contribution in [0.2, 0.25) is 0 Å². The smallest absolute Gasteiger partial charge is 0.123 e. The van der Waals surface area contributed by atoms with Gasteiger partial charge >= 0.3 is 0 Å². The summed E-state index contributed by atoms with van der Waals surface area (Å²) in [6.07, 6.45) is 6.11. The fourth-order valence-electron chi connectivity index (χ4n) is 2.13. The molecule has 1 aliphatic rings. The first-order valence-corrected chi connectivity index (χ1v) is 7.87. The van der Waals surface area contributed by atoms with Gasteiger partial charge in [0, 0.05) is 22.3 Å². The lowest BCUT2D eigenvalue weighted by Crippen LogP contribution is -2.43. The van der Waals surface area contributed by atoms with Crippen LogP contribution >= 0.6 is 27.7 Å². The average molecular weight is 318 g/mol. The molecule has 1 saturated carbocycles. The van der Waals surface area contributed by atoms with Crippen molar-refractivity contribution in [3.63, 3.8) is 0 Å². The summed E-state index contributed by atoms with van der Waals surface area (Å²) < 4.78 is 14.5. The van der Waals surface area contributed by atoms with Gasteiger partial charge in [0.05, 0.1) is 0 Å². The lowest BCUT2D eigenvalue weighted by atomic mass is 9.84. The summed E-state index contributed by atoms with van der Waals surface area (Å²) in [6, 6.07) is 4.83. The van der Waals surface area contributed by atoms with Crippen molar-refractivity contribution in [3.8, 4) is 0 Å². The first kappa shape index (κ1) is 13.4. The van der Waals surface area contributed by atoms with Gasteiger partial charge in [-0.05, 0) is 42.9 Å². The normalized spacial score (nSPS) is 17.8. The maximum atomic E-state index is 13.1. The lowest BCUT2D eigenvalue weighted by Gasteiger charge is -2.40. The monoisotopic (exact) mass is 317 g/mol. The Morgan fingerprint density at radius 2 is 2.24 bits per heavy atom. The fourth-order valence-corrected chi connectivity index (χ4v) is 3.46. The maximum absolute atomic E-state index is 13.1. The second kappa shape index (κ2) is 5.72. The van der Waals surface area contributed by atoms with Gasteiger partial charge in [-0.2, -0.15) is 11.8 Å². The van der Waals surface area contributed by atoms with Gasteiger partial charge in [0.1, 0.15) is 5.82 Å². The highest BCUT2D eigenvalue weighted by Crippen LogP contribution is 2.42. The topological polar surface area (TPSA) is 12.0 Å². The molecule has 0 bridgehead atoms. The van der Waals surface area contributed by atoms with E-state index in [9.17, 15) is 4.39 Å². The van der Waals surface area contributed by atoms with E-state index in [1.54, 1.807) is 12.1 Å². The molecule has 0 atom stereocenters. The molecule has 1 aromatic carbocycles. The van der Waals surface area contributed by atoms with E-state index in [0.717, 1.165) is 23.1 Å². The molecule has 0 spiro atoms. The third kappa shape index (κ3) is 3.24. The van der Waals surface area contributed by atoms with Gasteiger partial charge in [-0.3, -0.25) is 0 Å². The minimum absolute atomic E-state index is 0.173. The summed E-state index contributed by atoms with van der Waals surface area (Å²) in [5.74, 6) is -0.173. The molecule has 0 heterocycles. The van der Waals surface area contributed by atoms with E-state index in [-0.39, 0.29) is 5.82 Å². The molecule has 1 aromatic rings. The standard InChI is InChI=1S/C13H17BrFNS/c1-17-13(5-2-6-13)9-16-8-10-7-11(15)3-4-12(10)14/h3-4,7,16H,2,5-6,8-9H2,1H3. The minimum atomic E-state index is -0.173. The Morgan fingerprint density at radius 3 is 2.82 bits per heavy atom. The highest BCUT2D eigenvalue weighted by Gasteiger charge is 2.35. The number of hydrogen-bond acceptors (Lipinski definition) is 2. The van der Waals surface area contributed by atoms with E-state index in [0.29, 0.717) is 4.75 Å². The van der Waals surface area contributed by atoms with E-state index >= 15 is 0 Å². The number of hydrogen-bond donors (Lipinski definition) is 1. The van der Waals surface area contributed by atoms with E-state index in [1.807, 2.05) is 11.8 Å². The Kier molecular flexibility index (Phi) is 4.50. The van der Waals surface area contributed by atoms with Crippen LogP contribution < -0.4 is 5.32 Å². The highest BCUT2D eigenvalue weighted by molar-refractivity contribution is 9.10. The van der Waals surface area contributed by atoms with Crippen molar-refractivity contribution < 1.29 is 4.39 Å². The molecule has 0 radical (unpaired) electrons. The molecule has 0 saturated heterocycles. The van der Waals surface area contributed by atoms with Crippen molar-refractivity contribution >= 4 is 27.7 Å². The summed E-state index contributed by atoms with van der Waals surface area (Å²) in [5.41, 5.74) is 0.987. The summed E-state index contributed by atoms with van der Waals surface area (Å²) in [4.78, 5) is 0. The van der Waals surface area contributed by atoms with Gasteiger partial charge < -0.3 is 5.32 Å². The molecule has 0 aliphatic heterocycles. The Labute approximate surface area is 115 Å². The van der Waals surface area contributed by atoms with Gasteiger partial charge in [-0.15, -0.1) is 0 Å². The molecule has 2 rings (SSSR count). The largest absolute Gasteiger partial charge is 0.311 e. The van der Waals surface area contributed by atoms with Crippen molar-refractivity contribution in [3.05, 3.63) is 34.1 Å². The van der Waals surface area contributed by atoms with E-state index < -0.39 is 0 Å². The van der Waals surface area contributed by atoms with E-state index in [1.165, 1.54) is 25.3 Å². The van der Waals surface area contributed by atoms with Gasteiger partial charge in [-0.1, -0.05) is 22.4 Å². The van der Waals surface area contributed by atoms with Gasteiger partial charge in [0.25, 0.3) is 0 Å². The quantitative estimate of drug-likeness (QED) is 0.882. The predicted molar refractivity (Wildman–Crippen MR) is 75.9 cm³/mol. The first-order chi connectivity index (χ1) is 8.15. The minimum Gasteiger partial charge on any atom is -0.311 e. The third-order valence-corrected chi connectivity index (χ3v) is 5.66. The average Bonchev–Trinajstić information content (AvgIpc) is 2.27. The SMILES string of the molecule is CSC1(CNCc2cc(F)ccc2Br)CCC1. The van der Waals surface area contributed by atoms with Crippen molar-refractivity contribution in [2.45, 2.75) is 30.6 Å². The molecular formula is C13H17BrFNS. The number of halogens is 2. The first-order valence-electron chi connectivity index (χ1n) is 5.85. The maximum Gasteiger partial charge on any atom is 0.123 e. The van der Waals surface area contributed by atoms with Gasteiger partial charge in [0.15, 0.2) is 0 Å². The van der Waals surface area contributed by atoms with Crippen LogP contribution in [-0.2, 0) is 6.54 Å². The zero-order valence-electron chi connectivity index (χ0n) is 9.93. The number of nitrogens with one attached hydrogen (secondary N) is 1. The predicted octanol–water partition coefficient (Wildman–Crippen LogP) is 3.96. The lowest BCUT2D eigenvalue weighted by molar-refractivity contribution is 0.345. The second-order valence-corrected chi connectivity index (χ2v) is 6.71. The molecule has 1 aliphatic carbocycles. The molecule has 1 fully saturated rings. The summed E-state index contributed by atoms with van der Waals surface area (Å²) in [5, 5.41) is 3.45. The number of rotatable bonds is 5. The van der Waals surface area contributed by atoms with Crippen LogP contribution in [0.4, 0.5) is 4.39 Å². The van der Waals surface area contributed by atoms with Crippen LogP contribution in [0.1, 0.15) is 24.8 Å². The molecule has 1 nitrogen and oxygen atoms in total. The molecule has 0 amide bonds. The number of thioether (sulfide) groups is 1. The van der Waals surface area contributed by atoms with Gasteiger partial charge in [0.2, 0.25) is 0 Å². The van der Waals surface area contributed by atoms with Crippen LogP contribution in [-0.4, -0.2) is 17.5 Å². The summed E-state index contributed by atoms with van der Waals surface area (Å²) >= 11 is 5.40. The molecule has 17 heavy (non-hydrogen) atoms. The molecule has 0 aromatic heterocycles. The Balaban J connectivity index is 1.87. The molecule has 1 N–H and O–H groups in total. The second-order valence-electron chi connectivity index (χ2n) is 4.58. The van der Waals surface area contributed by atoms with Crippen molar-refractivity contribution in [2.75, 3.05) is 12.8 Å². The van der Waals surface area contributed by atoms with Crippen LogP contribution in [0.15, 0.2) is 22.7 Å².